The number of nitrogens with one attached hydrogen (secondary N) is 2. The van der Waals surface area contributed by atoms with Crippen LogP contribution in [0.5, 0.6) is 0 Å². The molecule has 2 N–H and O–H groups in total. The van der Waals surface area contributed by atoms with Gasteiger partial charge in [-0.25, -0.2) is 4.98 Å². The Morgan fingerprint density at radius 2 is 1.96 bits per heavy atom. The zero-order chi connectivity index (χ0) is 17.5. The summed E-state index contributed by atoms with van der Waals surface area (Å²) < 4.78 is 7.66. The molecule has 0 radical (unpaired) electrons. The number of rotatable bonds is 7. The quantitative estimate of drug-likeness (QED) is 0.729. The van der Waals surface area contributed by atoms with E-state index in [1.54, 1.807) is 13.3 Å². The van der Waals surface area contributed by atoms with E-state index in [0.29, 0.717) is 19.4 Å². The van der Waals surface area contributed by atoms with Crippen LogP contribution in [0.4, 0.5) is 0 Å². The van der Waals surface area contributed by atoms with Crippen LogP contribution in [-0.4, -0.2) is 41.3 Å². The molecule has 6 nitrogen and oxygen atoms in total. The molecule has 27 heavy (non-hydrogen) atoms. The molecule has 1 aromatic carbocycles. The Balaban J connectivity index is 0.00000182. The highest BCUT2D eigenvalue weighted by molar-refractivity contribution is 5.86. The van der Waals surface area contributed by atoms with Crippen molar-refractivity contribution >= 4 is 30.7 Å². The lowest BCUT2D eigenvalue weighted by molar-refractivity contribution is -0.146. The van der Waals surface area contributed by atoms with Crippen LogP contribution in [0.3, 0.4) is 0 Å². The minimum atomic E-state index is -0.716. The number of amides is 1. The molecule has 1 aromatic heterocycles. The Kier molecular flexibility index (Phi) is 9.80. The van der Waals surface area contributed by atoms with E-state index in [9.17, 15) is 4.79 Å². The zero-order valence-electron chi connectivity index (χ0n) is 15.5. The van der Waals surface area contributed by atoms with Gasteiger partial charge in [0, 0.05) is 26.0 Å². The van der Waals surface area contributed by atoms with Gasteiger partial charge in [-0.2, -0.15) is 0 Å². The summed E-state index contributed by atoms with van der Waals surface area (Å²) in [7, 11) is 1.62. The molecule has 1 saturated heterocycles. The monoisotopic (exact) mass is 414 g/mol. The van der Waals surface area contributed by atoms with Crippen molar-refractivity contribution in [3.63, 3.8) is 0 Å². The standard InChI is InChI=1S/C19H26N4O2.2ClH/c1-25-19(8-10-20-11-9-19)18(24)22-15-17-21-12-14-23(17)13-7-16-5-3-2-4-6-16;;/h2-6,12,14,20H,7-11,13,15H2,1H3,(H,22,24);2*1H. The molecule has 1 aliphatic rings. The van der Waals surface area contributed by atoms with Crippen molar-refractivity contribution in [1.29, 1.82) is 0 Å². The SMILES string of the molecule is COC1(C(=O)NCc2nccn2CCc2ccccc2)CCNCC1.Cl.Cl. The summed E-state index contributed by atoms with van der Waals surface area (Å²) in [5.41, 5.74) is 0.575. The third-order valence-corrected chi connectivity index (χ3v) is 4.91. The molecule has 8 heteroatoms. The fourth-order valence-electron chi connectivity index (χ4n) is 3.28. The summed E-state index contributed by atoms with van der Waals surface area (Å²) >= 11 is 0. The van der Waals surface area contributed by atoms with Gasteiger partial charge >= 0.3 is 0 Å². The summed E-state index contributed by atoms with van der Waals surface area (Å²) in [6.07, 6.45) is 6.06. The molecule has 2 heterocycles. The van der Waals surface area contributed by atoms with Crippen molar-refractivity contribution in [1.82, 2.24) is 20.2 Å². The van der Waals surface area contributed by atoms with Gasteiger partial charge in [0.2, 0.25) is 0 Å². The molecule has 0 saturated carbocycles. The van der Waals surface area contributed by atoms with E-state index in [1.807, 2.05) is 24.4 Å². The van der Waals surface area contributed by atoms with Gasteiger partial charge in [0.15, 0.2) is 0 Å². The molecule has 2 aromatic rings. The molecule has 3 rings (SSSR count). The number of imidazole rings is 1. The van der Waals surface area contributed by atoms with E-state index in [-0.39, 0.29) is 30.7 Å². The van der Waals surface area contributed by atoms with Gasteiger partial charge in [0.25, 0.3) is 5.91 Å². The Bertz CT molecular complexity index is 688. The lowest BCUT2D eigenvalue weighted by Crippen LogP contribution is -2.54. The molecule has 1 fully saturated rings. The van der Waals surface area contributed by atoms with E-state index >= 15 is 0 Å². The van der Waals surface area contributed by atoms with Crippen LogP contribution in [-0.2, 0) is 29.0 Å². The highest BCUT2D eigenvalue weighted by Gasteiger charge is 2.39. The molecular weight excluding hydrogens is 387 g/mol. The number of carbonyl (C=O) groups is 1. The number of hydrogen-bond acceptors (Lipinski definition) is 4. The third-order valence-electron chi connectivity index (χ3n) is 4.91. The molecular formula is C19H28Cl2N4O2. The van der Waals surface area contributed by atoms with E-state index in [4.69, 9.17) is 4.74 Å². The lowest BCUT2D eigenvalue weighted by atomic mass is 9.91. The average molecular weight is 415 g/mol. The summed E-state index contributed by atoms with van der Waals surface area (Å²) in [4.78, 5) is 17.0. The number of nitrogens with zero attached hydrogens (tertiary/aromatic N) is 2. The van der Waals surface area contributed by atoms with Crippen molar-refractivity contribution in [2.45, 2.75) is 38.0 Å². The minimum Gasteiger partial charge on any atom is -0.368 e. The first kappa shape index (κ1) is 23.4. The van der Waals surface area contributed by atoms with Crippen LogP contribution in [0, 0.1) is 0 Å². The van der Waals surface area contributed by atoms with Gasteiger partial charge in [-0.05, 0) is 37.9 Å². The number of methoxy groups -OCH3 is 1. The van der Waals surface area contributed by atoms with Crippen molar-refractivity contribution in [3.05, 3.63) is 54.1 Å². The lowest BCUT2D eigenvalue weighted by Gasteiger charge is -2.34. The second-order valence-electron chi connectivity index (χ2n) is 6.40. The maximum atomic E-state index is 12.6. The predicted octanol–water partition coefficient (Wildman–Crippen LogP) is 2.35. The molecule has 0 spiro atoms. The van der Waals surface area contributed by atoms with Crippen LogP contribution in [0.2, 0.25) is 0 Å². The summed E-state index contributed by atoms with van der Waals surface area (Å²) in [6.45, 7) is 2.85. The van der Waals surface area contributed by atoms with Gasteiger partial charge < -0.3 is 19.9 Å². The second-order valence-corrected chi connectivity index (χ2v) is 6.40. The van der Waals surface area contributed by atoms with Crippen molar-refractivity contribution in [2.24, 2.45) is 0 Å². The maximum Gasteiger partial charge on any atom is 0.252 e. The number of piperidine rings is 1. The van der Waals surface area contributed by atoms with Crippen molar-refractivity contribution < 1.29 is 9.53 Å². The third kappa shape index (κ3) is 5.94. The van der Waals surface area contributed by atoms with Crippen LogP contribution >= 0.6 is 24.8 Å². The summed E-state index contributed by atoms with van der Waals surface area (Å²) in [6, 6.07) is 10.4. The normalized spacial score (nSPS) is 15.3. The first-order valence-electron chi connectivity index (χ1n) is 8.82. The molecule has 0 bridgehead atoms. The molecule has 1 amide bonds. The van der Waals surface area contributed by atoms with Crippen LogP contribution in [0.1, 0.15) is 24.2 Å². The van der Waals surface area contributed by atoms with E-state index < -0.39 is 5.60 Å². The first-order chi connectivity index (χ1) is 12.2. The molecule has 0 atom stereocenters. The van der Waals surface area contributed by atoms with E-state index in [0.717, 1.165) is 31.9 Å². The van der Waals surface area contributed by atoms with E-state index in [1.165, 1.54) is 5.56 Å². The van der Waals surface area contributed by atoms with Gasteiger partial charge in [-0.15, -0.1) is 24.8 Å². The highest BCUT2D eigenvalue weighted by atomic mass is 35.5. The largest absolute Gasteiger partial charge is 0.368 e. The summed E-state index contributed by atoms with van der Waals surface area (Å²) in [5, 5.41) is 6.27. The van der Waals surface area contributed by atoms with Crippen molar-refractivity contribution in [3.8, 4) is 0 Å². The Hall–Kier alpha value is -1.60. The van der Waals surface area contributed by atoms with Crippen molar-refractivity contribution in [2.75, 3.05) is 20.2 Å². The highest BCUT2D eigenvalue weighted by Crippen LogP contribution is 2.22. The molecule has 0 aliphatic carbocycles. The fourth-order valence-corrected chi connectivity index (χ4v) is 3.28. The molecule has 0 unspecified atom stereocenters. The minimum absolute atomic E-state index is 0. The fraction of sp³-hybridized carbons (Fsp3) is 0.474. The molecule has 1 aliphatic heterocycles. The van der Waals surface area contributed by atoms with Crippen LogP contribution in [0.25, 0.3) is 0 Å². The number of aromatic nitrogens is 2. The van der Waals surface area contributed by atoms with Gasteiger partial charge in [0.1, 0.15) is 11.4 Å². The number of ether oxygens (including phenoxy) is 1. The Morgan fingerprint density at radius 3 is 2.63 bits per heavy atom. The maximum absolute atomic E-state index is 12.6. The number of benzene rings is 1. The second kappa shape index (κ2) is 11.3. The zero-order valence-corrected chi connectivity index (χ0v) is 17.2. The van der Waals surface area contributed by atoms with Gasteiger partial charge in [-0.3, -0.25) is 4.79 Å². The smallest absolute Gasteiger partial charge is 0.252 e. The topological polar surface area (TPSA) is 68.2 Å². The number of aryl methyl sites for hydroxylation is 2. The van der Waals surface area contributed by atoms with Gasteiger partial charge in [-0.1, -0.05) is 30.3 Å². The van der Waals surface area contributed by atoms with Crippen LogP contribution < -0.4 is 10.6 Å². The first-order valence-corrected chi connectivity index (χ1v) is 8.82. The number of halogens is 2. The summed E-state index contributed by atoms with van der Waals surface area (Å²) in [5.74, 6) is 0.818. The molecule has 150 valence electrons. The predicted molar refractivity (Wildman–Crippen MR) is 111 cm³/mol. The van der Waals surface area contributed by atoms with Crippen LogP contribution in [0.15, 0.2) is 42.7 Å². The number of hydrogen-bond donors (Lipinski definition) is 2. The number of carbonyl (C=O) groups excluding carboxylic acids is 1. The van der Waals surface area contributed by atoms with E-state index in [2.05, 4.69) is 32.3 Å². The Morgan fingerprint density at radius 1 is 1.26 bits per heavy atom. The van der Waals surface area contributed by atoms with Gasteiger partial charge in [0.05, 0.1) is 6.54 Å². The Labute approximate surface area is 172 Å². The average Bonchev–Trinajstić information content (AvgIpc) is 3.13.